The first-order chi connectivity index (χ1) is 16.8. The van der Waals surface area contributed by atoms with Crippen LogP contribution < -0.4 is 10.3 Å². The van der Waals surface area contributed by atoms with Crippen molar-refractivity contribution in [3.63, 3.8) is 0 Å². The van der Waals surface area contributed by atoms with E-state index < -0.39 is 11.8 Å². The van der Waals surface area contributed by atoms with Crippen LogP contribution in [0.25, 0.3) is 5.57 Å². The van der Waals surface area contributed by atoms with Gasteiger partial charge in [-0.25, -0.2) is 0 Å². The fraction of sp³-hybridized carbons (Fsp3) is 0.0769. The zero-order valence-corrected chi connectivity index (χ0v) is 20.8. The number of aryl methyl sites for hydroxylation is 1. The molecule has 0 spiro atoms. The second-order valence-electron chi connectivity index (χ2n) is 8.05. The number of carbonyl (C=O) groups excluding carboxylic acids is 3. The van der Waals surface area contributed by atoms with Crippen molar-refractivity contribution in [1.82, 2.24) is 10.4 Å². The number of hydrazine groups is 1. The van der Waals surface area contributed by atoms with Gasteiger partial charge in [0.2, 0.25) is 0 Å². The Morgan fingerprint density at radius 3 is 2.37 bits per heavy atom. The van der Waals surface area contributed by atoms with Crippen molar-refractivity contribution in [2.75, 3.05) is 4.90 Å². The van der Waals surface area contributed by atoms with E-state index in [0.29, 0.717) is 28.4 Å². The Bertz CT molecular complexity index is 1420. The molecule has 1 fully saturated rings. The zero-order chi connectivity index (χ0) is 24.7. The van der Waals surface area contributed by atoms with Gasteiger partial charge in [-0.15, -0.1) is 0 Å². The molecule has 0 atom stereocenters. The highest BCUT2D eigenvalue weighted by atomic mass is 35.5. The zero-order valence-electron chi connectivity index (χ0n) is 18.4. The first-order valence-electron chi connectivity index (χ1n) is 10.7. The summed E-state index contributed by atoms with van der Waals surface area (Å²) in [5, 5.41) is 1.64. The van der Waals surface area contributed by atoms with E-state index in [4.69, 9.17) is 23.8 Å². The minimum atomic E-state index is -0.535. The normalized spacial score (nSPS) is 17.3. The second kappa shape index (κ2) is 9.30. The molecular formula is C26H18ClN3O3S2. The summed E-state index contributed by atoms with van der Waals surface area (Å²) >= 11 is 12.4. The molecule has 0 aromatic heterocycles. The van der Waals surface area contributed by atoms with Crippen LogP contribution in [0.1, 0.15) is 27.0 Å². The van der Waals surface area contributed by atoms with Gasteiger partial charge in [0.25, 0.3) is 17.7 Å². The lowest BCUT2D eigenvalue weighted by Crippen LogP contribution is -2.45. The number of nitrogens with zero attached hydrogens (tertiary/aromatic N) is 2. The van der Waals surface area contributed by atoms with E-state index in [-0.39, 0.29) is 20.7 Å². The number of thiocarbonyl (C=S) groups is 1. The third-order valence-corrected chi connectivity index (χ3v) is 7.33. The summed E-state index contributed by atoms with van der Waals surface area (Å²) in [5.74, 6) is -1.30. The number of para-hydroxylation sites is 1. The Kier molecular flexibility index (Phi) is 6.19. The maximum absolute atomic E-state index is 13.6. The number of hydrogen-bond acceptors (Lipinski definition) is 5. The van der Waals surface area contributed by atoms with Gasteiger partial charge in [0.15, 0.2) is 4.32 Å². The molecule has 2 heterocycles. The highest BCUT2D eigenvalue weighted by molar-refractivity contribution is 8.26. The molecule has 3 aromatic rings. The molecule has 2 aliphatic rings. The lowest BCUT2D eigenvalue weighted by molar-refractivity contribution is -0.124. The van der Waals surface area contributed by atoms with Crippen LogP contribution in [0.5, 0.6) is 0 Å². The van der Waals surface area contributed by atoms with Gasteiger partial charge in [0.1, 0.15) is 0 Å². The predicted octanol–water partition coefficient (Wildman–Crippen LogP) is 5.11. The van der Waals surface area contributed by atoms with Gasteiger partial charge in [0, 0.05) is 16.1 Å². The molecule has 174 valence electrons. The van der Waals surface area contributed by atoms with E-state index in [9.17, 15) is 14.4 Å². The smallest absolute Gasteiger partial charge is 0.286 e. The standard InChI is InChI=1S/C26H18ClN3O3S2/c1-15-6-10-17(11-7-15)23(31)28-30-25(33)22(35-26(30)34)21-19-4-2-3-5-20(19)29(24(21)32)14-16-8-12-18(27)13-9-16/h2-13H,14H2,1H3,(H,28,31)/b22-21-. The Balaban J connectivity index is 1.46. The van der Waals surface area contributed by atoms with Gasteiger partial charge < -0.3 is 4.90 Å². The van der Waals surface area contributed by atoms with Crippen LogP contribution in [0.2, 0.25) is 5.02 Å². The molecule has 0 aliphatic carbocycles. The van der Waals surface area contributed by atoms with E-state index in [2.05, 4.69) is 5.43 Å². The third kappa shape index (κ3) is 4.36. The lowest BCUT2D eigenvalue weighted by Gasteiger charge is -2.17. The number of hydrogen-bond donors (Lipinski definition) is 1. The van der Waals surface area contributed by atoms with Crippen LogP contribution in [0.3, 0.4) is 0 Å². The topological polar surface area (TPSA) is 69.7 Å². The molecule has 5 rings (SSSR count). The monoisotopic (exact) mass is 519 g/mol. The Labute approximate surface area is 216 Å². The molecule has 2 aliphatic heterocycles. The van der Waals surface area contributed by atoms with Crippen molar-refractivity contribution < 1.29 is 14.4 Å². The number of rotatable bonds is 4. The van der Waals surface area contributed by atoms with Crippen LogP contribution in [-0.2, 0) is 16.1 Å². The number of fused-ring (bicyclic) bond motifs is 1. The Morgan fingerprint density at radius 1 is 0.971 bits per heavy atom. The highest BCUT2D eigenvalue weighted by Gasteiger charge is 2.42. The molecule has 3 amide bonds. The van der Waals surface area contributed by atoms with Gasteiger partial charge in [-0.05, 0) is 55.0 Å². The average molecular weight is 520 g/mol. The molecule has 0 unspecified atom stereocenters. The minimum absolute atomic E-state index is 0.152. The summed E-state index contributed by atoms with van der Waals surface area (Å²) in [6, 6.07) is 21.5. The largest absolute Gasteiger partial charge is 0.303 e. The van der Waals surface area contributed by atoms with E-state index in [0.717, 1.165) is 27.9 Å². The molecule has 1 saturated heterocycles. The summed E-state index contributed by atoms with van der Waals surface area (Å²) in [4.78, 5) is 41.4. The fourth-order valence-electron chi connectivity index (χ4n) is 3.92. The second-order valence-corrected chi connectivity index (χ2v) is 10.1. The van der Waals surface area contributed by atoms with Crippen molar-refractivity contribution in [2.45, 2.75) is 13.5 Å². The van der Waals surface area contributed by atoms with Crippen molar-refractivity contribution in [3.8, 4) is 0 Å². The number of carbonyl (C=O) groups is 3. The van der Waals surface area contributed by atoms with Crippen molar-refractivity contribution in [1.29, 1.82) is 0 Å². The maximum atomic E-state index is 13.6. The first-order valence-corrected chi connectivity index (χ1v) is 12.3. The molecule has 3 aromatic carbocycles. The molecular weight excluding hydrogens is 502 g/mol. The molecule has 35 heavy (non-hydrogen) atoms. The summed E-state index contributed by atoms with van der Waals surface area (Å²) in [6.07, 6.45) is 0. The Morgan fingerprint density at radius 2 is 1.66 bits per heavy atom. The number of nitrogens with one attached hydrogen (secondary N) is 1. The SMILES string of the molecule is Cc1ccc(C(=O)NN2C(=O)/C(=C3/C(=O)N(Cc4ccc(Cl)cc4)c4ccccc43)SC2=S)cc1. The molecule has 0 bridgehead atoms. The Hall–Kier alpha value is -3.46. The van der Waals surface area contributed by atoms with Crippen molar-refractivity contribution in [3.05, 3.63) is 105 Å². The van der Waals surface area contributed by atoms with Crippen molar-refractivity contribution >= 4 is 68.9 Å². The van der Waals surface area contributed by atoms with Gasteiger partial charge in [-0.2, -0.15) is 5.01 Å². The maximum Gasteiger partial charge on any atom is 0.286 e. The number of anilines is 1. The molecule has 1 N–H and O–H groups in total. The number of benzene rings is 3. The van der Waals surface area contributed by atoms with E-state index in [1.54, 1.807) is 29.2 Å². The highest BCUT2D eigenvalue weighted by Crippen LogP contribution is 2.44. The van der Waals surface area contributed by atoms with Gasteiger partial charge >= 0.3 is 0 Å². The van der Waals surface area contributed by atoms with E-state index in [1.165, 1.54) is 0 Å². The van der Waals surface area contributed by atoms with Crippen molar-refractivity contribution in [2.24, 2.45) is 0 Å². The predicted molar refractivity (Wildman–Crippen MR) is 142 cm³/mol. The van der Waals surface area contributed by atoms with Crippen LogP contribution in [0.4, 0.5) is 5.69 Å². The van der Waals surface area contributed by atoms with Crippen LogP contribution in [0, 0.1) is 6.92 Å². The summed E-state index contributed by atoms with van der Waals surface area (Å²) in [5.41, 5.74) is 6.51. The summed E-state index contributed by atoms with van der Waals surface area (Å²) in [7, 11) is 0. The number of halogens is 1. The van der Waals surface area contributed by atoms with Gasteiger partial charge in [-0.1, -0.05) is 71.4 Å². The molecule has 0 radical (unpaired) electrons. The first kappa shape index (κ1) is 23.3. The number of thioether (sulfide) groups is 1. The molecule has 9 heteroatoms. The average Bonchev–Trinajstić information content (AvgIpc) is 3.28. The fourth-order valence-corrected chi connectivity index (χ4v) is 5.29. The van der Waals surface area contributed by atoms with E-state index in [1.807, 2.05) is 55.5 Å². The number of amides is 3. The lowest BCUT2D eigenvalue weighted by atomic mass is 10.1. The van der Waals surface area contributed by atoms with Gasteiger partial charge in [0.05, 0.1) is 22.7 Å². The quantitative estimate of drug-likeness (QED) is 0.383. The minimum Gasteiger partial charge on any atom is -0.303 e. The molecule has 6 nitrogen and oxygen atoms in total. The van der Waals surface area contributed by atoms with E-state index >= 15 is 0 Å². The van der Waals surface area contributed by atoms with Crippen LogP contribution >= 0.6 is 35.6 Å². The van der Waals surface area contributed by atoms with Crippen LogP contribution in [-0.4, -0.2) is 27.1 Å². The summed E-state index contributed by atoms with van der Waals surface area (Å²) in [6.45, 7) is 2.24. The van der Waals surface area contributed by atoms with Crippen LogP contribution in [0.15, 0.2) is 77.7 Å². The van der Waals surface area contributed by atoms with Gasteiger partial charge in [-0.3, -0.25) is 19.8 Å². The molecule has 0 saturated carbocycles. The third-order valence-electron chi connectivity index (χ3n) is 5.70. The summed E-state index contributed by atoms with van der Waals surface area (Å²) < 4.78 is 0.152.